The summed E-state index contributed by atoms with van der Waals surface area (Å²) >= 11 is 1.84. The Bertz CT molecular complexity index is 575. The molecule has 2 aromatic carbocycles. The lowest BCUT2D eigenvalue weighted by Crippen LogP contribution is -2.25. The molecule has 0 aliphatic heterocycles. The van der Waals surface area contributed by atoms with E-state index in [9.17, 15) is 4.79 Å². The van der Waals surface area contributed by atoms with Gasteiger partial charge in [0.2, 0.25) is 0 Å². The first-order valence-corrected chi connectivity index (χ1v) is 8.29. The van der Waals surface area contributed by atoms with Crippen LogP contribution < -0.4 is 5.32 Å². The number of thioether (sulfide) groups is 1. The number of benzene rings is 2. The number of nitrogens with one attached hydrogen (secondary N) is 1. The molecule has 0 aliphatic rings. The van der Waals surface area contributed by atoms with Crippen molar-refractivity contribution in [1.29, 1.82) is 0 Å². The first kappa shape index (κ1) is 15.6. The van der Waals surface area contributed by atoms with Crippen LogP contribution in [0.2, 0.25) is 0 Å². The van der Waals surface area contributed by atoms with Crippen molar-refractivity contribution in [2.75, 3.05) is 12.3 Å². The molecule has 110 valence electrons. The summed E-state index contributed by atoms with van der Waals surface area (Å²) in [5.41, 5.74) is 4.51. The van der Waals surface area contributed by atoms with Crippen LogP contribution in [-0.4, -0.2) is 18.2 Å². The van der Waals surface area contributed by atoms with E-state index in [0.717, 1.165) is 17.1 Å². The lowest BCUT2D eigenvalue weighted by atomic mass is 10.1. The number of carbonyl (C=O) groups is 1. The average molecular weight is 299 g/mol. The van der Waals surface area contributed by atoms with Gasteiger partial charge < -0.3 is 5.32 Å². The van der Waals surface area contributed by atoms with Gasteiger partial charge in [0.05, 0.1) is 0 Å². The molecule has 0 atom stereocenters. The van der Waals surface area contributed by atoms with Gasteiger partial charge in [0.25, 0.3) is 5.91 Å². The Labute approximate surface area is 131 Å². The van der Waals surface area contributed by atoms with Crippen LogP contribution in [-0.2, 0) is 5.75 Å². The molecule has 2 aromatic rings. The maximum Gasteiger partial charge on any atom is 0.251 e. The summed E-state index contributed by atoms with van der Waals surface area (Å²) in [6, 6.07) is 16.2. The van der Waals surface area contributed by atoms with Crippen molar-refractivity contribution < 1.29 is 4.79 Å². The standard InChI is InChI=1S/C18H21NOS/c1-14-3-7-16(8-4-14)13-21-12-11-19-18(20)17-9-5-15(2)6-10-17/h3-10H,11-13H2,1-2H3,(H,19,20). The smallest absolute Gasteiger partial charge is 0.251 e. The average Bonchev–Trinajstić information content (AvgIpc) is 2.49. The minimum Gasteiger partial charge on any atom is -0.351 e. The number of carbonyl (C=O) groups excluding carboxylic acids is 1. The quantitative estimate of drug-likeness (QED) is 0.818. The maximum atomic E-state index is 11.9. The third-order valence-corrected chi connectivity index (χ3v) is 4.27. The second-order valence-corrected chi connectivity index (χ2v) is 6.27. The van der Waals surface area contributed by atoms with E-state index < -0.39 is 0 Å². The van der Waals surface area contributed by atoms with Crippen LogP contribution in [0.1, 0.15) is 27.0 Å². The molecular formula is C18H21NOS. The molecule has 0 spiro atoms. The second kappa shape index (κ2) is 7.89. The molecular weight excluding hydrogens is 278 g/mol. The number of rotatable bonds is 6. The van der Waals surface area contributed by atoms with Crippen LogP contribution in [0, 0.1) is 13.8 Å². The van der Waals surface area contributed by atoms with Crippen LogP contribution in [0.5, 0.6) is 0 Å². The lowest BCUT2D eigenvalue weighted by molar-refractivity contribution is 0.0956. The molecule has 0 heterocycles. The van der Waals surface area contributed by atoms with Crippen molar-refractivity contribution >= 4 is 17.7 Å². The van der Waals surface area contributed by atoms with E-state index in [4.69, 9.17) is 0 Å². The fourth-order valence-corrected chi connectivity index (χ4v) is 2.74. The van der Waals surface area contributed by atoms with Gasteiger partial charge >= 0.3 is 0 Å². The first-order valence-electron chi connectivity index (χ1n) is 7.13. The van der Waals surface area contributed by atoms with Crippen molar-refractivity contribution in [2.24, 2.45) is 0 Å². The monoisotopic (exact) mass is 299 g/mol. The molecule has 0 radical (unpaired) electrons. The molecule has 2 nitrogen and oxygen atoms in total. The van der Waals surface area contributed by atoms with E-state index in [2.05, 4.69) is 36.5 Å². The molecule has 1 N–H and O–H groups in total. The van der Waals surface area contributed by atoms with E-state index >= 15 is 0 Å². The molecule has 3 heteroatoms. The summed E-state index contributed by atoms with van der Waals surface area (Å²) in [5, 5.41) is 2.95. The van der Waals surface area contributed by atoms with Crippen molar-refractivity contribution in [2.45, 2.75) is 19.6 Å². The third-order valence-electron chi connectivity index (χ3n) is 3.24. The predicted octanol–water partition coefficient (Wildman–Crippen LogP) is 3.97. The molecule has 0 saturated carbocycles. The van der Waals surface area contributed by atoms with E-state index in [-0.39, 0.29) is 5.91 Å². The zero-order valence-electron chi connectivity index (χ0n) is 12.6. The fraction of sp³-hybridized carbons (Fsp3) is 0.278. The van der Waals surface area contributed by atoms with E-state index in [1.54, 1.807) is 0 Å². The Balaban J connectivity index is 1.66. The zero-order valence-corrected chi connectivity index (χ0v) is 13.4. The van der Waals surface area contributed by atoms with Gasteiger partial charge in [-0.1, -0.05) is 47.5 Å². The molecule has 2 rings (SSSR count). The van der Waals surface area contributed by atoms with Crippen LogP contribution in [0.3, 0.4) is 0 Å². The van der Waals surface area contributed by atoms with Gasteiger partial charge in [-0.05, 0) is 31.5 Å². The molecule has 0 bridgehead atoms. The molecule has 1 amide bonds. The van der Waals surface area contributed by atoms with Gasteiger partial charge in [-0.2, -0.15) is 11.8 Å². The number of hydrogen-bond acceptors (Lipinski definition) is 2. The largest absolute Gasteiger partial charge is 0.351 e. The number of aryl methyl sites for hydroxylation is 2. The third kappa shape index (κ3) is 5.27. The van der Waals surface area contributed by atoms with Gasteiger partial charge in [-0.3, -0.25) is 4.79 Å². The minimum absolute atomic E-state index is 0.00550. The summed E-state index contributed by atoms with van der Waals surface area (Å²) < 4.78 is 0. The first-order chi connectivity index (χ1) is 10.1. The van der Waals surface area contributed by atoms with E-state index in [1.807, 2.05) is 43.0 Å². The van der Waals surface area contributed by atoms with Crippen molar-refractivity contribution in [3.8, 4) is 0 Å². The summed E-state index contributed by atoms with van der Waals surface area (Å²) in [7, 11) is 0. The highest BCUT2D eigenvalue weighted by Gasteiger charge is 2.03. The Morgan fingerprint density at radius 2 is 1.52 bits per heavy atom. The second-order valence-electron chi connectivity index (χ2n) is 5.16. The zero-order chi connectivity index (χ0) is 15.1. The van der Waals surface area contributed by atoms with Crippen LogP contribution in [0.4, 0.5) is 0 Å². The lowest BCUT2D eigenvalue weighted by Gasteiger charge is -2.06. The topological polar surface area (TPSA) is 29.1 Å². The SMILES string of the molecule is Cc1ccc(CSCCNC(=O)c2ccc(C)cc2)cc1. The Kier molecular flexibility index (Phi) is 5.88. The highest BCUT2D eigenvalue weighted by molar-refractivity contribution is 7.98. The van der Waals surface area contributed by atoms with Gasteiger partial charge in [-0.25, -0.2) is 0 Å². The van der Waals surface area contributed by atoms with Gasteiger partial charge in [-0.15, -0.1) is 0 Å². The van der Waals surface area contributed by atoms with Gasteiger partial charge in [0, 0.05) is 23.6 Å². The van der Waals surface area contributed by atoms with Crippen LogP contribution >= 0.6 is 11.8 Å². The summed E-state index contributed by atoms with van der Waals surface area (Å²) in [5.74, 6) is 1.91. The fourth-order valence-electron chi connectivity index (χ4n) is 1.92. The van der Waals surface area contributed by atoms with E-state index in [1.165, 1.54) is 16.7 Å². The molecule has 0 unspecified atom stereocenters. The van der Waals surface area contributed by atoms with E-state index in [0.29, 0.717) is 6.54 Å². The van der Waals surface area contributed by atoms with Crippen LogP contribution in [0.25, 0.3) is 0 Å². The number of amides is 1. The van der Waals surface area contributed by atoms with Crippen molar-refractivity contribution in [3.63, 3.8) is 0 Å². The summed E-state index contributed by atoms with van der Waals surface area (Å²) in [6.45, 7) is 4.81. The van der Waals surface area contributed by atoms with Crippen molar-refractivity contribution in [1.82, 2.24) is 5.32 Å². The Morgan fingerprint density at radius 1 is 0.952 bits per heavy atom. The molecule has 0 fully saturated rings. The van der Waals surface area contributed by atoms with Crippen LogP contribution in [0.15, 0.2) is 48.5 Å². The molecule has 0 saturated heterocycles. The molecule has 0 aromatic heterocycles. The van der Waals surface area contributed by atoms with Crippen molar-refractivity contribution in [3.05, 3.63) is 70.8 Å². The molecule has 21 heavy (non-hydrogen) atoms. The number of hydrogen-bond donors (Lipinski definition) is 1. The predicted molar refractivity (Wildman–Crippen MR) is 90.9 cm³/mol. The Hall–Kier alpha value is -1.74. The summed E-state index contributed by atoms with van der Waals surface area (Å²) in [4.78, 5) is 11.9. The van der Waals surface area contributed by atoms with Gasteiger partial charge in [0.15, 0.2) is 0 Å². The maximum absolute atomic E-state index is 11.9. The Morgan fingerprint density at radius 3 is 2.14 bits per heavy atom. The highest BCUT2D eigenvalue weighted by Crippen LogP contribution is 2.12. The molecule has 0 aliphatic carbocycles. The normalized spacial score (nSPS) is 10.4. The highest BCUT2D eigenvalue weighted by atomic mass is 32.2. The van der Waals surface area contributed by atoms with Gasteiger partial charge in [0.1, 0.15) is 0 Å². The minimum atomic E-state index is 0.00550. The summed E-state index contributed by atoms with van der Waals surface area (Å²) in [6.07, 6.45) is 0.